The van der Waals surface area contributed by atoms with E-state index in [9.17, 15) is 4.79 Å². The van der Waals surface area contributed by atoms with Crippen LogP contribution in [0.4, 0.5) is 5.69 Å². The van der Waals surface area contributed by atoms with Gasteiger partial charge in [-0.3, -0.25) is 9.69 Å². The van der Waals surface area contributed by atoms with Crippen molar-refractivity contribution in [2.75, 3.05) is 31.5 Å². The Kier molecular flexibility index (Phi) is 7.32. The summed E-state index contributed by atoms with van der Waals surface area (Å²) in [7, 11) is 0. The maximum absolute atomic E-state index is 12.3. The number of anilines is 1. The molecule has 1 aromatic rings. The van der Waals surface area contributed by atoms with Crippen molar-refractivity contribution in [2.45, 2.75) is 51.1 Å². The van der Waals surface area contributed by atoms with E-state index in [0.717, 1.165) is 37.7 Å². The van der Waals surface area contributed by atoms with Crippen molar-refractivity contribution in [2.24, 2.45) is 4.99 Å². The predicted molar refractivity (Wildman–Crippen MR) is 114 cm³/mol. The molecule has 1 heterocycles. The molecule has 3 N–H and O–H groups in total. The molecule has 2 fully saturated rings. The topological polar surface area (TPSA) is 68.8 Å². The first-order chi connectivity index (χ1) is 13.7. The summed E-state index contributed by atoms with van der Waals surface area (Å²) in [4.78, 5) is 19.3. The van der Waals surface area contributed by atoms with Crippen molar-refractivity contribution in [1.82, 2.24) is 15.5 Å². The molecule has 1 saturated carbocycles. The number of guanidine groups is 1. The molecule has 0 bridgehead atoms. The number of carbonyl (C=O) groups excluding carboxylic acids is 1. The summed E-state index contributed by atoms with van der Waals surface area (Å²) in [5.41, 5.74) is 1.43. The van der Waals surface area contributed by atoms with Crippen LogP contribution < -0.4 is 16.0 Å². The summed E-state index contributed by atoms with van der Waals surface area (Å²) in [6, 6.07) is 8.40. The Morgan fingerprint density at radius 2 is 2.14 bits per heavy atom. The number of nitrogens with zero attached hydrogens (tertiary/aromatic N) is 2. The molecule has 6 nitrogen and oxygen atoms in total. The first-order valence-corrected chi connectivity index (χ1v) is 10.3. The highest BCUT2D eigenvalue weighted by molar-refractivity contribution is 5.94. The molecule has 0 aromatic heterocycles. The minimum absolute atomic E-state index is 0.0642. The highest BCUT2D eigenvalue weighted by atomic mass is 16.1. The average molecular weight is 382 g/mol. The first kappa shape index (κ1) is 20.2. The Balaban J connectivity index is 1.50. The third-order valence-corrected chi connectivity index (χ3v) is 5.44. The minimum Gasteiger partial charge on any atom is -0.357 e. The van der Waals surface area contributed by atoms with Crippen molar-refractivity contribution >= 4 is 17.6 Å². The lowest BCUT2D eigenvalue weighted by atomic mass is 10.2. The van der Waals surface area contributed by atoms with Gasteiger partial charge in [-0.25, -0.2) is 4.99 Å². The zero-order valence-corrected chi connectivity index (χ0v) is 16.7. The third kappa shape index (κ3) is 5.74. The zero-order chi connectivity index (χ0) is 19.8. The number of terminal acetylenes is 1. The number of carbonyl (C=O) groups is 1. The lowest BCUT2D eigenvalue weighted by molar-refractivity contribution is -0.114. The normalized spacial score (nSPS) is 20.7. The smallest absolute Gasteiger partial charge is 0.246 e. The Bertz CT molecular complexity index is 733. The highest BCUT2D eigenvalue weighted by Crippen LogP contribution is 2.26. The van der Waals surface area contributed by atoms with Crippen molar-refractivity contribution < 1.29 is 4.79 Å². The largest absolute Gasteiger partial charge is 0.357 e. The van der Waals surface area contributed by atoms with Crippen LogP contribution in [0.5, 0.6) is 0 Å². The number of benzene rings is 1. The SMILES string of the molecule is C#Cc1cccc(NC(=O)CN=C(NCC)NC2CCN(C3CCCC3)C2)c1. The standard InChI is InChI=1S/C22H31N5O/c1-3-17-8-7-9-18(14-17)25-21(28)15-24-22(23-4-2)26-19-12-13-27(16-19)20-10-5-6-11-20/h1,7-9,14,19-20H,4-6,10-13,15-16H2,2H3,(H,25,28)(H2,23,24,26). The number of hydrogen-bond donors (Lipinski definition) is 3. The maximum atomic E-state index is 12.3. The van der Waals surface area contributed by atoms with Crippen LogP contribution in [0, 0.1) is 12.3 Å². The molecule has 150 valence electrons. The van der Waals surface area contributed by atoms with Crippen LogP contribution in [-0.2, 0) is 4.79 Å². The molecule has 1 aromatic carbocycles. The van der Waals surface area contributed by atoms with Crippen LogP contribution in [0.3, 0.4) is 0 Å². The molecule has 0 radical (unpaired) electrons. The number of amides is 1. The quantitative estimate of drug-likeness (QED) is 0.401. The fraction of sp³-hybridized carbons (Fsp3) is 0.545. The molecule has 1 aliphatic heterocycles. The van der Waals surface area contributed by atoms with Crippen LogP contribution in [0.15, 0.2) is 29.3 Å². The van der Waals surface area contributed by atoms with Gasteiger partial charge in [0.15, 0.2) is 5.96 Å². The van der Waals surface area contributed by atoms with Gasteiger partial charge in [-0.2, -0.15) is 0 Å². The fourth-order valence-electron chi connectivity index (χ4n) is 4.06. The molecular weight excluding hydrogens is 350 g/mol. The Labute approximate surface area is 168 Å². The van der Waals surface area contributed by atoms with E-state index < -0.39 is 0 Å². The summed E-state index contributed by atoms with van der Waals surface area (Å²) in [5, 5.41) is 9.59. The number of likely N-dealkylation sites (tertiary alicyclic amines) is 1. The molecule has 1 aliphatic carbocycles. The van der Waals surface area contributed by atoms with E-state index in [-0.39, 0.29) is 12.5 Å². The summed E-state index contributed by atoms with van der Waals surface area (Å²) in [6.07, 6.45) is 11.9. The van der Waals surface area contributed by atoms with Crippen LogP contribution >= 0.6 is 0 Å². The number of nitrogens with one attached hydrogen (secondary N) is 3. The van der Waals surface area contributed by atoms with Gasteiger partial charge < -0.3 is 16.0 Å². The van der Waals surface area contributed by atoms with Crippen molar-refractivity contribution in [3.05, 3.63) is 29.8 Å². The van der Waals surface area contributed by atoms with Gasteiger partial charge in [0.05, 0.1) is 0 Å². The lowest BCUT2D eigenvalue weighted by Gasteiger charge is -2.24. The lowest BCUT2D eigenvalue weighted by Crippen LogP contribution is -2.45. The van der Waals surface area contributed by atoms with Crippen molar-refractivity contribution in [3.8, 4) is 12.3 Å². The van der Waals surface area contributed by atoms with E-state index in [0.29, 0.717) is 17.7 Å². The van der Waals surface area contributed by atoms with Crippen LogP contribution in [0.2, 0.25) is 0 Å². The minimum atomic E-state index is -0.162. The molecular formula is C22H31N5O. The molecule has 1 atom stereocenters. The van der Waals surface area contributed by atoms with Gasteiger partial charge in [0.1, 0.15) is 6.54 Å². The van der Waals surface area contributed by atoms with Crippen LogP contribution in [0.25, 0.3) is 0 Å². The second-order valence-corrected chi connectivity index (χ2v) is 7.53. The second kappa shape index (κ2) is 10.1. The molecule has 1 amide bonds. The second-order valence-electron chi connectivity index (χ2n) is 7.53. The summed E-state index contributed by atoms with van der Waals surface area (Å²) >= 11 is 0. The monoisotopic (exact) mass is 381 g/mol. The molecule has 6 heteroatoms. The van der Waals surface area contributed by atoms with E-state index in [1.165, 1.54) is 25.7 Å². The molecule has 28 heavy (non-hydrogen) atoms. The molecule has 3 rings (SSSR count). The maximum Gasteiger partial charge on any atom is 0.246 e. The van der Waals surface area contributed by atoms with Gasteiger partial charge in [0, 0.05) is 43.0 Å². The Morgan fingerprint density at radius 3 is 2.89 bits per heavy atom. The van der Waals surface area contributed by atoms with Gasteiger partial charge in [0.2, 0.25) is 5.91 Å². The summed E-state index contributed by atoms with van der Waals surface area (Å²) < 4.78 is 0. The van der Waals surface area contributed by atoms with Gasteiger partial charge in [-0.05, 0) is 44.4 Å². The molecule has 1 saturated heterocycles. The van der Waals surface area contributed by atoms with Gasteiger partial charge in [0.25, 0.3) is 0 Å². The van der Waals surface area contributed by atoms with E-state index >= 15 is 0 Å². The highest BCUT2D eigenvalue weighted by Gasteiger charge is 2.30. The van der Waals surface area contributed by atoms with E-state index in [1.54, 1.807) is 6.07 Å². The van der Waals surface area contributed by atoms with Gasteiger partial charge in [-0.15, -0.1) is 6.42 Å². The Morgan fingerprint density at radius 1 is 1.32 bits per heavy atom. The van der Waals surface area contributed by atoms with Gasteiger partial charge in [-0.1, -0.05) is 24.8 Å². The number of aliphatic imine (C=N–C) groups is 1. The van der Waals surface area contributed by atoms with Crippen LogP contribution in [0.1, 0.15) is 44.6 Å². The predicted octanol–water partition coefficient (Wildman–Crippen LogP) is 2.18. The van der Waals surface area contributed by atoms with Gasteiger partial charge >= 0.3 is 0 Å². The average Bonchev–Trinajstić information content (AvgIpc) is 3.38. The van der Waals surface area contributed by atoms with E-state index in [4.69, 9.17) is 6.42 Å². The summed E-state index contributed by atoms with van der Waals surface area (Å²) in [6.45, 7) is 5.06. The van der Waals surface area contributed by atoms with Crippen LogP contribution in [-0.4, -0.2) is 55.0 Å². The van der Waals surface area contributed by atoms with E-state index in [1.807, 2.05) is 25.1 Å². The van der Waals surface area contributed by atoms with Crippen molar-refractivity contribution in [1.29, 1.82) is 0 Å². The number of rotatable bonds is 6. The molecule has 1 unspecified atom stereocenters. The third-order valence-electron chi connectivity index (χ3n) is 5.44. The Hall–Kier alpha value is -2.52. The summed E-state index contributed by atoms with van der Waals surface area (Å²) in [5.74, 6) is 3.11. The van der Waals surface area contributed by atoms with E-state index in [2.05, 4.69) is 31.8 Å². The number of hydrogen-bond acceptors (Lipinski definition) is 3. The van der Waals surface area contributed by atoms with Crippen molar-refractivity contribution in [3.63, 3.8) is 0 Å². The fourth-order valence-corrected chi connectivity index (χ4v) is 4.06. The molecule has 0 spiro atoms. The zero-order valence-electron chi connectivity index (χ0n) is 16.7. The first-order valence-electron chi connectivity index (χ1n) is 10.3. The molecule has 2 aliphatic rings.